The smallest absolute Gasteiger partial charge is 0.371 e. The first-order valence-electron chi connectivity index (χ1n) is 10.2. The summed E-state index contributed by atoms with van der Waals surface area (Å²) >= 11 is 0. The third-order valence-corrected chi connectivity index (χ3v) is 5.72. The standard InChI is InChI=1S/C23H23F4NO2/c24-19-11-7-16(8-12-19)21(28-13-1-2-20(28)29)22(30-14-15-3-4-15)17-5-9-18(10-6-17)23(25,26)27/h5-12,15,21-22H,1-4,13-14H2/t21-,22+/m0/s1. The second kappa shape index (κ2) is 8.38. The number of amides is 1. The first-order valence-corrected chi connectivity index (χ1v) is 10.2. The van der Waals surface area contributed by atoms with E-state index >= 15 is 0 Å². The van der Waals surface area contributed by atoms with Crippen LogP contribution in [0.5, 0.6) is 0 Å². The molecule has 1 amide bonds. The molecule has 0 aromatic heterocycles. The van der Waals surface area contributed by atoms with Crippen molar-refractivity contribution in [3.8, 4) is 0 Å². The number of alkyl halides is 3. The van der Waals surface area contributed by atoms with Gasteiger partial charge in [0.15, 0.2) is 0 Å². The molecule has 1 heterocycles. The highest BCUT2D eigenvalue weighted by molar-refractivity contribution is 5.78. The van der Waals surface area contributed by atoms with Gasteiger partial charge in [-0.3, -0.25) is 4.79 Å². The number of hydrogen-bond acceptors (Lipinski definition) is 2. The monoisotopic (exact) mass is 421 g/mol. The summed E-state index contributed by atoms with van der Waals surface area (Å²) in [6, 6.07) is 10.3. The number of rotatable bonds is 7. The van der Waals surface area contributed by atoms with Crippen LogP contribution in [-0.4, -0.2) is 24.0 Å². The summed E-state index contributed by atoms with van der Waals surface area (Å²) in [5.41, 5.74) is 0.535. The summed E-state index contributed by atoms with van der Waals surface area (Å²) in [4.78, 5) is 14.3. The summed E-state index contributed by atoms with van der Waals surface area (Å²) < 4.78 is 58.8. The molecule has 1 saturated carbocycles. The minimum atomic E-state index is -4.43. The van der Waals surface area contributed by atoms with Crippen molar-refractivity contribution in [2.75, 3.05) is 13.2 Å². The fourth-order valence-corrected chi connectivity index (χ4v) is 3.90. The van der Waals surface area contributed by atoms with Crippen LogP contribution >= 0.6 is 0 Å². The third-order valence-electron chi connectivity index (χ3n) is 5.72. The van der Waals surface area contributed by atoms with Gasteiger partial charge in [0.1, 0.15) is 11.9 Å². The molecule has 0 bridgehead atoms. The average Bonchev–Trinajstić information content (AvgIpc) is 3.45. The largest absolute Gasteiger partial charge is 0.416 e. The lowest BCUT2D eigenvalue weighted by molar-refractivity contribution is -0.137. The van der Waals surface area contributed by atoms with Crippen LogP contribution in [-0.2, 0) is 15.7 Å². The Kier molecular flexibility index (Phi) is 5.82. The van der Waals surface area contributed by atoms with Crippen LogP contribution < -0.4 is 0 Å². The molecule has 2 fully saturated rings. The van der Waals surface area contributed by atoms with Crippen molar-refractivity contribution in [2.45, 2.75) is 44.0 Å². The van der Waals surface area contributed by atoms with Crippen molar-refractivity contribution in [2.24, 2.45) is 5.92 Å². The van der Waals surface area contributed by atoms with Gasteiger partial charge in [0.05, 0.1) is 18.2 Å². The Labute approximate surface area is 172 Å². The normalized spacial score (nSPS) is 19.2. The maximum atomic E-state index is 13.5. The van der Waals surface area contributed by atoms with E-state index in [0.717, 1.165) is 25.0 Å². The van der Waals surface area contributed by atoms with Gasteiger partial charge in [0.2, 0.25) is 5.91 Å². The predicted octanol–water partition coefficient (Wildman–Crippen LogP) is 5.68. The number of benzene rings is 2. The molecule has 1 saturated heterocycles. The van der Waals surface area contributed by atoms with Gasteiger partial charge in [-0.05, 0) is 60.6 Å². The maximum absolute atomic E-state index is 13.5. The van der Waals surface area contributed by atoms with Crippen LogP contribution in [0.1, 0.15) is 54.5 Å². The highest BCUT2D eigenvalue weighted by Crippen LogP contribution is 2.42. The molecule has 0 radical (unpaired) electrons. The molecule has 160 valence electrons. The van der Waals surface area contributed by atoms with Gasteiger partial charge in [-0.15, -0.1) is 0 Å². The van der Waals surface area contributed by atoms with E-state index in [9.17, 15) is 22.4 Å². The molecule has 2 aliphatic rings. The number of hydrogen-bond donors (Lipinski definition) is 0. The number of ether oxygens (including phenoxy) is 1. The van der Waals surface area contributed by atoms with E-state index in [2.05, 4.69) is 0 Å². The van der Waals surface area contributed by atoms with Gasteiger partial charge in [0, 0.05) is 13.0 Å². The summed E-state index contributed by atoms with van der Waals surface area (Å²) in [7, 11) is 0. The highest BCUT2D eigenvalue weighted by atomic mass is 19.4. The van der Waals surface area contributed by atoms with Crippen molar-refractivity contribution in [1.29, 1.82) is 0 Å². The summed E-state index contributed by atoms with van der Waals surface area (Å²) in [6.45, 7) is 1.01. The lowest BCUT2D eigenvalue weighted by Gasteiger charge is -2.35. The van der Waals surface area contributed by atoms with Crippen LogP contribution in [0.25, 0.3) is 0 Å². The SMILES string of the molecule is O=C1CCCN1[C@@H](c1ccc(F)cc1)[C@H](OCC1CC1)c1ccc(C(F)(F)F)cc1. The minimum Gasteiger partial charge on any atom is -0.371 e. The molecule has 3 nitrogen and oxygen atoms in total. The van der Waals surface area contributed by atoms with Gasteiger partial charge < -0.3 is 9.64 Å². The lowest BCUT2D eigenvalue weighted by atomic mass is 9.93. The number of nitrogens with zero attached hydrogens (tertiary/aromatic N) is 1. The van der Waals surface area contributed by atoms with Crippen LogP contribution in [0.2, 0.25) is 0 Å². The zero-order valence-corrected chi connectivity index (χ0v) is 16.4. The molecule has 2 atom stereocenters. The summed E-state index contributed by atoms with van der Waals surface area (Å²) in [6.07, 6.45) is -1.82. The molecule has 1 aliphatic heterocycles. The Morgan fingerprint density at radius 3 is 2.17 bits per heavy atom. The first-order chi connectivity index (χ1) is 14.3. The molecule has 0 unspecified atom stereocenters. The molecular weight excluding hydrogens is 398 g/mol. The van der Waals surface area contributed by atoms with Crippen LogP contribution in [0.15, 0.2) is 48.5 Å². The number of halogens is 4. The number of carbonyl (C=O) groups excluding carboxylic acids is 1. The molecule has 4 rings (SSSR count). The topological polar surface area (TPSA) is 29.5 Å². The maximum Gasteiger partial charge on any atom is 0.416 e. The molecule has 7 heteroatoms. The zero-order valence-electron chi connectivity index (χ0n) is 16.4. The van der Waals surface area contributed by atoms with Crippen LogP contribution in [0.4, 0.5) is 17.6 Å². The Morgan fingerprint density at radius 2 is 1.63 bits per heavy atom. The molecular formula is C23H23F4NO2. The third kappa shape index (κ3) is 4.67. The minimum absolute atomic E-state index is 0.0312. The fourth-order valence-electron chi connectivity index (χ4n) is 3.90. The van der Waals surface area contributed by atoms with E-state index in [0.29, 0.717) is 43.0 Å². The van der Waals surface area contributed by atoms with E-state index in [4.69, 9.17) is 4.74 Å². The van der Waals surface area contributed by atoms with E-state index in [1.54, 1.807) is 17.0 Å². The van der Waals surface area contributed by atoms with Crippen molar-refractivity contribution < 1.29 is 27.1 Å². The molecule has 2 aromatic carbocycles. The van der Waals surface area contributed by atoms with Gasteiger partial charge in [-0.25, -0.2) is 4.39 Å². The van der Waals surface area contributed by atoms with Crippen LogP contribution in [0, 0.1) is 11.7 Å². The first kappa shape index (κ1) is 20.8. The molecule has 30 heavy (non-hydrogen) atoms. The Balaban J connectivity index is 1.72. The van der Waals surface area contributed by atoms with E-state index < -0.39 is 29.7 Å². The van der Waals surface area contributed by atoms with E-state index in [1.807, 2.05) is 0 Å². The molecule has 1 aliphatic carbocycles. The van der Waals surface area contributed by atoms with Crippen LogP contribution in [0.3, 0.4) is 0 Å². The van der Waals surface area contributed by atoms with Gasteiger partial charge in [-0.2, -0.15) is 13.2 Å². The van der Waals surface area contributed by atoms with Gasteiger partial charge in [0.25, 0.3) is 0 Å². The number of carbonyl (C=O) groups is 1. The van der Waals surface area contributed by atoms with E-state index in [1.165, 1.54) is 24.3 Å². The van der Waals surface area contributed by atoms with Crippen molar-refractivity contribution in [1.82, 2.24) is 4.90 Å². The van der Waals surface area contributed by atoms with Crippen molar-refractivity contribution in [3.05, 3.63) is 71.0 Å². The van der Waals surface area contributed by atoms with Gasteiger partial charge >= 0.3 is 6.18 Å². The Bertz CT molecular complexity index is 876. The van der Waals surface area contributed by atoms with Crippen molar-refractivity contribution in [3.63, 3.8) is 0 Å². The highest BCUT2D eigenvalue weighted by Gasteiger charge is 2.38. The second-order valence-electron chi connectivity index (χ2n) is 8.00. The lowest BCUT2D eigenvalue weighted by Crippen LogP contribution is -2.35. The van der Waals surface area contributed by atoms with E-state index in [-0.39, 0.29) is 5.91 Å². The van der Waals surface area contributed by atoms with Gasteiger partial charge in [-0.1, -0.05) is 24.3 Å². The quantitative estimate of drug-likeness (QED) is 0.539. The van der Waals surface area contributed by atoms with Crippen molar-refractivity contribution >= 4 is 5.91 Å². The fraction of sp³-hybridized carbons (Fsp3) is 0.435. The Morgan fingerprint density at radius 1 is 1.00 bits per heavy atom. The molecule has 2 aromatic rings. The summed E-state index contributed by atoms with van der Waals surface area (Å²) in [5, 5.41) is 0. The summed E-state index contributed by atoms with van der Waals surface area (Å²) in [5.74, 6) is 0.0107. The zero-order chi connectivity index (χ0) is 21.3. The Hall–Kier alpha value is -2.41. The predicted molar refractivity (Wildman–Crippen MR) is 103 cm³/mol. The second-order valence-corrected chi connectivity index (χ2v) is 8.00. The molecule has 0 spiro atoms. The number of likely N-dealkylation sites (tertiary alicyclic amines) is 1. The molecule has 0 N–H and O–H groups in total. The average molecular weight is 421 g/mol.